The van der Waals surface area contributed by atoms with Crippen molar-refractivity contribution in [3.05, 3.63) is 48.6 Å². The Balaban J connectivity index is 2.65. The van der Waals surface area contributed by atoms with Crippen molar-refractivity contribution in [2.45, 2.75) is 32.2 Å². The zero-order valence-corrected chi connectivity index (χ0v) is 11.8. The molecule has 0 bridgehead atoms. The van der Waals surface area contributed by atoms with E-state index in [0.717, 1.165) is 6.42 Å². The average molecular weight is 261 g/mol. The van der Waals surface area contributed by atoms with Crippen molar-refractivity contribution >= 4 is 5.97 Å². The Hall–Kier alpha value is -1.61. The second-order valence-corrected chi connectivity index (χ2v) is 4.55. The molecule has 0 aliphatic carbocycles. The molecule has 3 nitrogen and oxygen atoms in total. The molecule has 3 heteroatoms. The normalized spacial score (nSPS) is 13.6. The van der Waals surface area contributed by atoms with E-state index in [0.29, 0.717) is 19.1 Å². The first-order valence-corrected chi connectivity index (χ1v) is 6.74. The van der Waals surface area contributed by atoms with E-state index >= 15 is 0 Å². The van der Waals surface area contributed by atoms with Crippen molar-refractivity contribution in [2.24, 2.45) is 0 Å². The minimum Gasteiger partial charge on any atom is -0.465 e. The van der Waals surface area contributed by atoms with Crippen LogP contribution in [0.1, 0.15) is 31.7 Å². The molecule has 0 saturated heterocycles. The molecule has 0 aromatic heterocycles. The van der Waals surface area contributed by atoms with Crippen molar-refractivity contribution in [3.8, 4) is 0 Å². The number of rotatable bonds is 8. The maximum atomic E-state index is 11.9. The summed E-state index contributed by atoms with van der Waals surface area (Å²) in [6.07, 6.45) is 2.47. The number of esters is 1. The zero-order valence-electron chi connectivity index (χ0n) is 11.8. The van der Waals surface area contributed by atoms with Crippen LogP contribution >= 0.6 is 0 Å². The first-order chi connectivity index (χ1) is 9.19. The van der Waals surface area contributed by atoms with E-state index in [1.54, 1.807) is 6.08 Å². The van der Waals surface area contributed by atoms with Crippen LogP contribution in [0.4, 0.5) is 0 Å². The Labute approximate surface area is 115 Å². The lowest BCUT2D eigenvalue weighted by atomic mass is 9.94. The molecular weight excluding hydrogens is 238 g/mol. The van der Waals surface area contributed by atoms with E-state index in [-0.39, 0.29) is 12.0 Å². The topological polar surface area (TPSA) is 38.3 Å². The molecule has 0 radical (unpaired) electrons. The van der Waals surface area contributed by atoms with Gasteiger partial charge in [0.15, 0.2) is 0 Å². The van der Waals surface area contributed by atoms with Crippen molar-refractivity contribution in [2.75, 3.05) is 13.2 Å². The molecule has 0 heterocycles. The van der Waals surface area contributed by atoms with Gasteiger partial charge in [0.25, 0.3) is 0 Å². The van der Waals surface area contributed by atoms with Crippen LogP contribution in [-0.4, -0.2) is 25.2 Å². The monoisotopic (exact) mass is 261 g/mol. The van der Waals surface area contributed by atoms with Gasteiger partial charge in [0.05, 0.1) is 6.61 Å². The highest BCUT2D eigenvalue weighted by atomic mass is 16.5. The van der Waals surface area contributed by atoms with Gasteiger partial charge in [-0.25, -0.2) is 0 Å². The number of ether oxygens (including phenoxy) is 1. The molecule has 0 aliphatic heterocycles. The van der Waals surface area contributed by atoms with Gasteiger partial charge in [0.2, 0.25) is 0 Å². The highest BCUT2D eigenvalue weighted by Gasteiger charge is 2.21. The maximum absolute atomic E-state index is 11.9. The van der Waals surface area contributed by atoms with Crippen molar-refractivity contribution in [1.29, 1.82) is 0 Å². The quantitative estimate of drug-likeness (QED) is 0.577. The van der Waals surface area contributed by atoms with E-state index < -0.39 is 0 Å². The van der Waals surface area contributed by atoms with Crippen LogP contribution < -0.4 is 5.32 Å². The van der Waals surface area contributed by atoms with Gasteiger partial charge in [-0.2, -0.15) is 0 Å². The van der Waals surface area contributed by atoms with Gasteiger partial charge in [0, 0.05) is 6.54 Å². The van der Waals surface area contributed by atoms with Crippen LogP contribution in [0.5, 0.6) is 0 Å². The van der Waals surface area contributed by atoms with Crippen LogP contribution in [0.2, 0.25) is 0 Å². The molecule has 0 saturated carbocycles. The van der Waals surface area contributed by atoms with Crippen LogP contribution in [0.3, 0.4) is 0 Å². The first kappa shape index (κ1) is 15.4. The molecule has 19 heavy (non-hydrogen) atoms. The van der Waals surface area contributed by atoms with Crippen LogP contribution in [0, 0.1) is 0 Å². The summed E-state index contributed by atoms with van der Waals surface area (Å²) in [5, 5.41) is 3.16. The predicted octanol–water partition coefficient (Wildman–Crippen LogP) is 2.89. The Morgan fingerprint density at radius 2 is 2.11 bits per heavy atom. The predicted molar refractivity (Wildman–Crippen MR) is 78.1 cm³/mol. The molecule has 0 aliphatic rings. The van der Waals surface area contributed by atoms with Crippen LogP contribution in [0.15, 0.2) is 43.0 Å². The number of hydrogen-bond acceptors (Lipinski definition) is 3. The van der Waals surface area contributed by atoms with Gasteiger partial charge in [-0.15, -0.1) is 6.58 Å². The SMILES string of the molecule is C=CCNC(CC(C)c1ccccc1)C(=O)OCC. The van der Waals surface area contributed by atoms with Crippen LogP contribution in [-0.2, 0) is 9.53 Å². The highest BCUT2D eigenvalue weighted by Crippen LogP contribution is 2.20. The van der Waals surface area contributed by atoms with E-state index in [2.05, 4.69) is 31.0 Å². The summed E-state index contributed by atoms with van der Waals surface area (Å²) < 4.78 is 5.10. The Morgan fingerprint density at radius 1 is 1.42 bits per heavy atom. The lowest BCUT2D eigenvalue weighted by molar-refractivity contribution is -0.145. The van der Waals surface area contributed by atoms with Gasteiger partial charge in [-0.05, 0) is 24.8 Å². The minimum absolute atomic E-state index is 0.188. The van der Waals surface area contributed by atoms with E-state index in [1.807, 2.05) is 25.1 Å². The minimum atomic E-state index is -0.284. The fourth-order valence-corrected chi connectivity index (χ4v) is 2.00. The fourth-order valence-electron chi connectivity index (χ4n) is 2.00. The lowest BCUT2D eigenvalue weighted by Gasteiger charge is -2.20. The average Bonchev–Trinajstić information content (AvgIpc) is 2.44. The second kappa shape index (κ2) is 8.48. The molecular formula is C16H23NO2. The van der Waals surface area contributed by atoms with Crippen molar-refractivity contribution in [1.82, 2.24) is 5.32 Å². The zero-order chi connectivity index (χ0) is 14.1. The van der Waals surface area contributed by atoms with Gasteiger partial charge >= 0.3 is 5.97 Å². The summed E-state index contributed by atoms with van der Waals surface area (Å²) >= 11 is 0. The first-order valence-electron chi connectivity index (χ1n) is 6.74. The maximum Gasteiger partial charge on any atom is 0.323 e. The van der Waals surface area contributed by atoms with Gasteiger partial charge in [-0.1, -0.05) is 43.3 Å². The molecule has 0 amide bonds. The van der Waals surface area contributed by atoms with Crippen LogP contribution in [0.25, 0.3) is 0 Å². The molecule has 0 spiro atoms. The Morgan fingerprint density at radius 3 is 2.68 bits per heavy atom. The third kappa shape index (κ3) is 5.26. The molecule has 2 unspecified atom stereocenters. The van der Waals surface area contributed by atoms with E-state index in [1.165, 1.54) is 5.56 Å². The van der Waals surface area contributed by atoms with Crippen molar-refractivity contribution in [3.63, 3.8) is 0 Å². The molecule has 104 valence electrons. The molecule has 0 fully saturated rings. The van der Waals surface area contributed by atoms with Gasteiger partial charge in [0.1, 0.15) is 6.04 Å². The highest BCUT2D eigenvalue weighted by molar-refractivity contribution is 5.75. The molecule has 1 aromatic carbocycles. The number of nitrogens with one attached hydrogen (secondary N) is 1. The number of carbonyl (C=O) groups excluding carboxylic acids is 1. The summed E-state index contributed by atoms with van der Waals surface area (Å²) in [4.78, 5) is 11.9. The number of benzene rings is 1. The van der Waals surface area contributed by atoms with Gasteiger partial charge in [-0.3, -0.25) is 4.79 Å². The van der Waals surface area contributed by atoms with E-state index in [4.69, 9.17) is 4.74 Å². The van der Waals surface area contributed by atoms with Gasteiger partial charge < -0.3 is 10.1 Å². The lowest BCUT2D eigenvalue weighted by Crippen LogP contribution is -2.39. The summed E-state index contributed by atoms with van der Waals surface area (Å²) in [5.74, 6) is 0.111. The molecule has 1 rings (SSSR count). The summed E-state index contributed by atoms with van der Waals surface area (Å²) in [7, 11) is 0. The fraction of sp³-hybridized carbons (Fsp3) is 0.438. The summed E-state index contributed by atoms with van der Waals surface area (Å²) in [6.45, 7) is 8.62. The summed E-state index contributed by atoms with van der Waals surface area (Å²) in [6, 6.07) is 9.91. The van der Waals surface area contributed by atoms with Crippen molar-refractivity contribution < 1.29 is 9.53 Å². The second-order valence-electron chi connectivity index (χ2n) is 4.55. The third-order valence-electron chi connectivity index (χ3n) is 3.04. The number of carbonyl (C=O) groups is 1. The molecule has 1 aromatic rings. The largest absolute Gasteiger partial charge is 0.465 e. The molecule has 2 atom stereocenters. The third-order valence-corrected chi connectivity index (χ3v) is 3.04. The number of hydrogen-bond donors (Lipinski definition) is 1. The Kier molecular flexibility index (Phi) is 6.90. The standard InChI is InChI=1S/C16H23NO2/c1-4-11-17-15(16(18)19-5-2)12-13(3)14-9-7-6-8-10-14/h4,6-10,13,15,17H,1,5,11-12H2,2-3H3. The van der Waals surface area contributed by atoms with E-state index in [9.17, 15) is 4.79 Å². The smallest absolute Gasteiger partial charge is 0.323 e. The summed E-state index contributed by atoms with van der Waals surface area (Å²) in [5.41, 5.74) is 1.23. The molecule has 1 N–H and O–H groups in total. The Bertz CT molecular complexity index is 389.